The average molecular weight is 159 g/mol. The fourth-order valence-corrected chi connectivity index (χ4v) is 1.56. The molecule has 0 radical (unpaired) electrons. The van der Waals surface area contributed by atoms with Crippen LogP contribution < -0.4 is 0 Å². The zero-order valence-corrected chi connectivity index (χ0v) is 7.16. The molecule has 1 aromatic carbocycles. The Hall–Kier alpha value is -1.11. The van der Waals surface area contributed by atoms with Crippen LogP contribution in [0.3, 0.4) is 0 Å². The highest BCUT2D eigenvalue weighted by molar-refractivity contribution is 5.65. The predicted molar refractivity (Wildman–Crippen MR) is 52.1 cm³/mol. The third-order valence-electron chi connectivity index (χ3n) is 2.25. The van der Waals surface area contributed by atoms with Crippen molar-refractivity contribution in [3.05, 3.63) is 29.8 Å². The Balaban J connectivity index is 2.36. The van der Waals surface area contributed by atoms with Gasteiger partial charge in [0.2, 0.25) is 0 Å². The van der Waals surface area contributed by atoms with Crippen molar-refractivity contribution in [2.45, 2.75) is 25.7 Å². The van der Waals surface area contributed by atoms with Crippen molar-refractivity contribution >= 4 is 11.9 Å². The van der Waals surface area contributed by atoms with Crippen LogP contribution in [0.2, 0.25) is 0 Å². The smallest absolute Gasteiger partial charge is 0.0657 e. The van der Waals surface area contributed by atoms with Gasteiger partial charge in [0.1, 0.15) is 0 Å². The summed E-state index contributed by atoms with van der Waals surface area (Å²) in [5.41, 5.74) is 2.56. The zero-order chi connectivity index (χ0) is 8.23. The van der Waals surface area contributed by atoms with Crippen LogP contribution in [0, 0.1) is 0 Å². The monoisotopic (exact) mass is 159 g/mol. The molecule has 0 spiro atoms. The molecule has 0 unspecified atom stereocenters. The lowest BCUT2D eigenvalue weighted by atomic mass is 10.0. The van der Waals surface area contributed by atoms with E-state index in [9.17, 15) is 0 Å². The summed E-state index contributed by atoms with van der Waals surface area (Å²) in [6.45, 7) is 0. The Bertz CT molecular complexity index is 289. The minimum atomic E-state index is 1.13. The van der Waals surface area contributed by atoms with Crippen molar-refractivity contribution < 1.29 is 0 Å². The van der Waals surface area contributed by atoms with E-state index in [1.807, 2.05) is 6.21 Å². The van der Waals surface area contributed by atoms with Gasteiger partial charge >= 0.3 is 0 Å². The quantitative estimate of drug-likeness (QED) is 0.551. The molecule has 0 aromatic heterocycles. The van der Waals surface area contributed by atoms with E-state index in [1.165, 1.54) is 24.8 Å². The average Bonchev–Trinajstić information content (AvgIpc) is 2.06. The number of rotatable bonds is 0. The molecule has 0 aliphatic carbocycles. The van der Waals surface area contributed by atoms with Gasteiger partial charge in [-0.1, -0.05) is 18.2 Å². The molecular formula is C11H13N. The molecular weight excluding hydrogens is 146 g/mol. The molecule has 0 saturated heterocycles. The highest BCUT2D eigenvalue weighted by Crippen LogP contribution is 2.22. The van der Waals surface area contributed by atoms with Crippen molar-refractivity contribution in [1.82, 2.24) is 0 Å². The normalized spacial score (nSPS) is 16.3. The second-order valence-corrected chi connectivity index (χ2v) is 3.19. The Kier molecular flexibility index (Phi) is 2.21. The van der Waals surface area contributed by atoms with Crippen LogP contribution in [-0.2, 0) is 6.42 Å². The molecule has 2 rings (SSSR count). The van der Waals surface area contributed by atoms with E-state index in [4.69, 9.17) is 0 Å². The fourth-order valence-electron chi connectivity index (χ4n) is 1.56. The second-order valence-electron chi connectivity index (χ2n) is 3.19. The molecule has 0 saturated carbocycles. The van der Waals surface area contributed by atoms with Crippen LogP contribution in [0.1, 0.15) is 24.8 Å². The summed E-state index contributed by atoms with van der Waals surface area (Å²) in [6, 6.07) is 8.42. The Morgan fingerprint density at radius 3 is 3.00 bits per heavy atom. The predicted octanol–water partition coefficient (Wildman–Crippen LogP) is 3.12. The molecule has 1 aliphatic rings. The molecule has 1 heteroatoms. The molecule has 12 heavy (non-hydrogen) atoms. The van der Waals surface area contributed by atoms with Gasteiger partial charge in [-0.2, -0.15) is 0 Å². The summed E-state index contributed by atoms with van der Waals surface area (Å²) >= 11 is 0. The lowest BCUT2D eigenvalue weighted by molar-refractivity contribution is 0.761. The summed E-state index contributed by atoms with van der Waals surface area (Å²) in [5.74, 6) is 0. The maximum absolute atomic E-state index is 4.42. The summed E-state index contributed by atoms with van der Waals surface area (Å²) in [6.07, 6.45) is 6.93. The van der Waals surface area contributed by atoms with Crippen LogP contribution in [0.4, 0.5) is 5.69 Å². The van der Waals surface area contributed by atoms with Gasteiger partial charge in [-0.05, 0) is 37.3 Å². The number of hydrogen-bond donors (Lipinski definition) is 0. The van der Waals surface area contributed by atoms with Gasteiger partial charge < -0.3 is 0 Å². The van der Waals surface area contributed by atoms with Crippen LogP contribution in [0.25, 0.3) is 0 Å². The zero-order valence-electron chi connectivity index (χ0n) is 7.16. The lowest BCUT2D eigenvalue weighted by Gasteiger charge is -2.07. The summed E-state index contributed by atoms with van der Waals surface area (Å²) in [4.78, 5) is 4.42. The van der Waals surface area contributed by atoms with Crippen LogP contribution in [-0.4, -0.2) is 6.21 Å². The third kappa shape index (κ3) is 1.55. The van der Waals surface area contributed by atoms with E-state index in [2.05, 4.69) is 29.3 Å². The minimum absolute atomic E-state index is 1.13. The molecule has 1 heterocycles. The standard InChI is InChI=1S/C11H13N/c1-2-6-10-7-3-4-8-11(10)12-9-5-1/h3-4,7-9H,1-2,5-6H2. The first-order valence-electron chi connectivity index (χ1n) is 4.57. The summed E-state index contributed by atoms with van der Waals surface area (Å²) in [7, 11) is 0. The maximum Gasteiger partial charge on any atom is 0.0657 e. The molecule has 0 N–H and O–H groups in total. The first-order chi connectivity index (χ1) is 5.97. The molecule has 1 aliphatic heterocycles. The van der Waals surface area contributed by atoms with E-state index in [1.54, 1.807) is 0 Å². The van der Waals surface area contributed by atoms with Crippen molar-refractivity contribution in [1.29, 1.82) is 0 Å². The molecule has 1 aromatic rings. The largest absolute Gasteiger partial charge is 0.261 e. The van der Waals surface area contributed by atoms with Gasteiger partial charge in [-0.3, -0.25) is 4.99 Å². The molecule has 0 atom stereocenters. The summed E-state index contributed by atoms with van der Waals surface area (Å²) in [5, 5.41) is 0. The molecule has 0 fully saturated rings. The van der Waals surface area contributed by atoms with Gasteiger partial charge in [0, 0.05) is 6.21 Å². The van der Waals surface area contributed by atoms with Crippen molar-refractivity contribution in [2.24, 2.45) is 4.99 Å². The van der Waals surface area contributed by atoms with E-state index in [0.717, 1.165) is 12.1 Å². The highest BCUT2D eigenvalue weighted by atomic mass is 14.7. The van der Waals surface area contributed by atoms with Gasteiger partial charge in [0.05, 0.1) is 5.69 Å². The molecule has 0 bridgehead atoms. The number of fused-ring (bicyclic) bond motifs is 1. The van der Waals surface area contributed by atoms with Crippen LogP contribution in [0.15, 0.2) is 29.3 Å². The van der Waals surface area contributed by atoms with Gasteiger partial charge in [0.25, 0.3) is 0 Å². The lowest BCUT2D eigenvalue weighted by Crippen LogP contribution is -1.90. The van der Waals surface area contributed by atoms with E-state index in [-0.39, 0.29) is 0 Å². The molecule has 1 nitrogen and oxygen atoms in total. The second kappa shape index (κ2) is 3.53. The fraction of sp³-hybridized carbons (Fsp3) is 0.364. The maximum atomic E-state index is 4.42. The minimum Gasteiger partial charge on any atom is -0.261 e. The number of benzene rings is 1. The number of para-hydroxylation sites is 1. The van der Waals surface area contributed by atoms with E-state index < -0.39 is 0 Å². The number of aryl methyl sites for hydroxylation is 1. The Morgan fingerprint density at radius 1 is 1.08 bits per heavy atom. The Morgan fingerprint density at radius 2 is 2.00 bits per heavy atom. The van der Waals surface area contributed by atoms with E-state index >= 15 is 0 Å². The van der Waals surface area contributed by atoms with Crippen LogP contribution >= 0.6 is 0 Å². The first-order valence-corrected chi connectivity index (χ1v) is 4.57. The van der Waals surface area contributed by atoms with Gasteiger partial charge in [-0.15, -0.1) is 0 Å². The third-order valence-corrected chi connectivity index (χ3v) is 2.25. The highest BCUT2D eigenvalue weighted by Gasteiger charge is 2.01. The summed E-state index contributed by atoms with van der Waals surface area (Å²) < 4.78 is 0. The van der Waals surface area contributed by atoms with Crippen molar-refractivity contribution in [3.63, 3.8) is 0 Å². The van der Waals surface area contributed by atoms with Crippen molar-refractivity contribution in [3.8, 4) is 0 Å². The van der Waals surface area contributed by atoms with Crippen LogP contribution in [0.5, 0.6) is 0 Å². The number of hydrogen-bond acceptors (Lipinski definition) is 1. The van der Waals surface area contributed by atoms with Crippen molar-refractivity contribution in [2.75, 3.05) is 0 Å². The topological polar surface area (TPSA) is 12.4 Å². The molecule has 62 valence electrons. The first kappa shape index (κ1) is 7.53. The number of nitrogens with zero attached hydrogens (tertiary/aromatic N) is 1. The van der Waals surface area contributed by atoms with Gasteiger partial charge in [-0.25, -0.2) is 0 Å². The molecule has 0 amide bonds. The SMILES string of the molecule is C1=Nc2ccccc2CCCC1. The van der Waals surface area contributed by atoms with Gasteiger partial charge in [0.15, 0.2) is 0 Å². The Labute approximate surface area is 73.1 Å². The number of aliphatic imine (C=N–C) groups is 1. The van der Waals surface area contributed by atoms with E-state index in [0.29, 0.717) is 0 Å².